The quantitative estimate of drug-likeness (QED) is 0.520. The molecule has 1 aliphatic heterocycles. The molecule has 0 radical (unpaired) electrons. The molecule has 1 aromatic heterocycles. The van der Waals surface area contributed by atoms with Crippen molar-refractivity contribution in [3.05, 3.63) is 59.0 Å². The second-order valence-corrected chi connectivity index (χ2v) is 8.69. The van der Waals surface area contributed by atoms with E-state index < -0.39 is 0 Å². The van der Waals surface area contributed by atoms with Gasteiger partial charge in [0.2, 0.25) is 0 Å². The lowest BCUT2D eigenvalue weighted by Crippen LogP contribution is -2.33. The molecule has 6 heteroatoms. The van der Waals surface area contributed by atoms with Crippen molar-refractivity contribution in [3.8, 4) is 0 Å². The van der Waals surface area contributed by atoms with Crippen LogP contribution in [0.25, 0.3) is 10.8 Å². The number of halogens is 1. The minimum Gasteiger partial charge on any atom is -0.368 e. The standard InChI is InChI=1S/C25H32ClN5/c1-4-23-28-21-17-31(22-10-6-9-19-8-5-7-18(2)24(19)22)14-11-20(21)25(29-23)27-13-16-30(3)15-12-26/h5-10H,4,11-17H2,1-3H3,(H,27,28,29). The molecule has 0 amide bonds. The van der Waals surface area contributed by atoms with Gasteiger partial charge in [-0.3, -0.25) is 0 Å². The van der Waals surface area contributed by atoms with Gasteiger partial charge in [0.05, 0.1) is 12.2 Å². The summed E-state index contributed by atoms with van der Waals surface area (Å²) in [6, 6.07) is 13.1. The summed E-state index contributed by atoms with van der Waals surface area (Å²) in [6.45, 7) is 8.79. The lowest BCUT2D eigenvalue weighted by Gasteiger charge is -2.32. The lowest BCUT2D eigenvalue weighted by molar-refractivity contribution is 0.369. The Morgan fingerprint density at radius 1 is 1.13 bits per heavy atom. The van der Waals surface area contributed by atoms with Crippen molar-refractivity contribution >= 4 is 33.9 Å². The molecule has 5 nitrogen and oxygen atoms in total. The van der Waals surface area contributed by atoms with Gasteiger partial charge in [-0.05, 0) is 37.4 Å². The Balaban J connectivity index is 1.60. The number of anilines is 2. The molecule has 164 valence electrons. The van der Waals surface area contributed by atoms with E-state index in [-0.39, 0.29) is 0 Å². The fourth-order valence-electron chi connectivity index (χ4n) is 4.38. The summed E-state index contributed by atoms with van der Waals surface area (Å²) in [7, 11) is 2.10. The third kappa shape index (κ3) is 4.78. The van der Waals surface area contributed by atoms with Crippen LogP contribution >= 0.6 is 11.6 Å². The average molecular weight is 438 g/mol. The van der Waals surface area contributed by atoms with Crippen LogP contribution < -0.4 is 10.2 Å². The van der Waals surface area contributed by atoms with Gasteiger partial charge in [-0.15, -0.1) is 11.6 Å². The topological polar surface area (TPSA) is 44.3 Å². The van der Waals surface area contributed by atoms with Crippen LogP contribution in [0.2, 0.25) is 0 Å². The van der Waals surface area contributed by atoms with Crippen molar-refractivity contribution in [2.45, 2.75) is 33.2 Å². The number of nitrogens with zero attached hydrogens (tertiary/aromatic N) is 4. The van der Waals surface area contributed by atoms with Crippen molar-refractivity contribution in [2.75, 3.05) is 49.3 Å². The van der Waals surface area contributed by atoms with Crippen LogP contribution in [-0.4, -0.2) is 54.0 Å². The van der Waals surface area contributed by atoms with Gasteiger partial charge in [-0.25, -0.2) is 9.97 Å². The van der Waals surface area contributed by atoms with E-state index in [2.05, 4.69) is 72.4 Å². The summed E-state index contributed by atoms with van der Waals surface area (Å²) in [4.78, 5) is 14.5. The van der Waals surface area contributed by atoms with Crippen LogP contribution in [0.4, 0.5) is 11.5 Å². The summed E-state index contributed by atoms with van der Waals surface area (Å²) in [5.41, 5.74) is 5.04. The van der Waals surface area contributed by atoms with Crippen LogP contribution in [0.15, 0.2) is 36.4 Å². The van der Waals surface area contributed by atoms with Crippen LogP contribution in [-0.2, 0) is 19.4 Å². The minimum absolute atomic E-state index is 0.656. The SMILES string of the molecule is CCc1nc2c(c(NCCN(C)CCCl)n1)CCN(c1cccc3cccc(C)c13)C2. The van der Waals surface area contributed by atoms with Crippen LogP contribution in [0.1, 0.15) is 29.6 Å². The highest BCUT2D eigenvalue weighted by Gasteiger charge is 2.23. The molecular weight excluding hydrogens is 406 g/mol. The molecule has 2 heterocycles. The zero-order valence-corrected chi connectivity index (χ0v) is 19.5. The number of hydrogen-bond donors (Lipinski definition) is 1. The van der Waals surface area contributed by atoms with Crippen LogP contribution in [0, 0.1) is 6.92 Å². The number of nitrogens with one attached hydrogen (secondary N) is 1. The Kier molecular flexibility index (Phi) is 6.93. The molecule has 1 N–H and O–H groups in total. The zero-order chi connectivity index (χ0) is 21.8. The fraction of sp³-hybridized carbons (Fsp3) is 0.440. The maximum Gasteiger partial charge on any atom is 0.133 e. The van der Waals surface area contributed by atoms with E-state index in [4.69, 9.17) is 21.6 Å². The average Bonchev–Trinajstić information content (AvgIpc) is 2.78. The number of alkyl halides is 1. The number of aromatic nitrogens is 2. The normalized spacial score (nSPS) is 13.6. The summed E-state index contributed by atoms with van der Waals surface area (Å²) < 4.78 is 0. The van der Waals surface area contributed by atoms with Gasteiger partial charge in [0.1, 0.15) is 11.6 Å². The summed E-state index contributed by atoms with van der Waals surface area (Å²) >= 11 is 5.85. The van der Waals surface area contributed by atoms with E-state index in [1.165, 1.54) is 27.6 Å². The number of rotatable bonds is 8. The first-order valence-corrected chi connectivity index (χ1v) is 11.7. The molecule has 0 atom stereocenters. The summed E-state index contributed by atoms with van der Waals surface area (Å²) in [5.74, 6) is 2.57. The van der Waals surface area contributed by atoms with Gasteiger partial charge in [0.25, 0.3) is 0 Å². The van der Waals surface area contributed by atoms with E-state index in [0.717, 1.165) is 62.9 Å². The Morgan fingerprint density at radius 2 is 1.94 bits per heavy atom. The number of aryl methyl sites for hydroxylation is 2. The molecule has 0 spiro atoms. The lowest BCUT2D eigenvalue weighted by atomic mass is 10.00. The number of fused-ring (bicyclic) bond motifs is 2. The third-order valence-electron chi connectivity index (χ3n) is 6.11. The van der Waals surface area contributed by atoms with E-state index in [9.17, 15) is 0 Å². The van der Waals surface area contributed by atoms with Crippen molar-refractivity contribution in [1.29, 1.82) is 0 Å². The van der Waals surface area contributed by atoms with Crippen molar-refractivity contribution in [2.24, 2.45) is 0 Å². The number of likely N-dealkylation sites (N-methyl/N-ethyl adjacent to an activating group) is 1. The van der Waals surface area contributed by atoms with Crippen LogP contribution in [0.3, 0.4) is 0 Å². The van der Waals surface area contributed by atoms with Crippen molar-refractivity contribution < 1.29 is 0 Å². The van der Waals surface area contributed by atoms with E-state index >= 15 is 0 Å². The predicted molar refractivity (Wildman–Crippen MR) is 132 cm³/mol. The number of benzene rings is 2. The van der Waals surface area contributed by atoms with E-state index in [1.807, 2.05) is 0 Å². The highest BCUT2D eigenvalue weighted by Crippen LogP contribution is 2.33. The van der Waals surface area contributed by atoms with Gasteiger partial charge in [0.15, 0.2) is 0 Å². The minimum atomic E-state index is 0.656. The molecule has 2 aromatic carbocycles. The Bertz CT molecular complexity index is 1050. The van der Waals surface area contributed by atoms with Gasteiger partial charge in [-0.2, -0.15) is 0 Å². The van der Waals surface area contributed by atoms with Gasteiger partial charge >= 0.3 is 0 Å². The van der Waals surface area contributed by atoms with Gasteiger partial charge in [0, 0.05) is 55.1 Å². The summed E-state index contributed by atoms with van der Waals surface area (Å²) in [6.07, 6.45) is 1.78. The van der Waals surface area contributed by atoms with Crippen molar-refractivity contribution in [3.63, 3.8) is 0 Å². The van der Waals surface area contributed by atoms with E-state index in [1.54, 1.807) is 0 Å². The monoisotopic (exact) mass is 437 g/mol. The van der Waals surface area contributed by atoms with E-state index in [0.29, 0.717) is 5.88 Å². The van der Waals surface area contributed by atoms with Crippen molar-refractivity contribution in [1.82, 2.24) is 14.9 Å². The van der Waals surface area contributed by atoms with Gasteiger partial charge < -0.3 is 15.1 Å². The maximum absolute atomic E-state index is 5.85. The molecule has 0 fully saturated rings. The highest BCUT2D eigenvalue weighted by atomic mass is 35.5. The molecule has 0 saturated carbocycles. The molecule has 0 unspecified atom stereocenters. The first-order valence-electron chi connectivity index (χ1n) is 11.2. The Hall–Kier alpha value is -2.37. The predicted octanol–water partition coefficient (Wildman–Crippen LogP) is 4.65. The molecule has 0 saturated heterocycles. The summed E-state index contributed by atoms with van der Waals surface area (Å²) in [5, 5.41) is 6.22. The maximum atomic E-state index is 5.85. The number of hydrogen-bond acceptors (Lipinski definition) is 5. The molecule has 4 rings (SSSR count). The second kappa shape index (κ2) is 9.84. The highest BCUT2D eigenvalue weighted by molar-refractivity contribution is 6.18. The molecule has 0 bridgehead atoms. The molecule has 1 aliphatic rings. The molecular formula is C25H32ClN5. The van der Waals surface area contributed by atoms with Crippen LogP contribution in [0.5, 0.6) is 0 Å². The molecule has 0 aliphatic carbocycles. The first kappa shape index (κ1) is 21.8. The molecule has 3 aromatic rings. The Labute approximate surface area is 190 Å². The van der Waals surface area contributed by atoms with Gasteiger partial charge in [-0.1, -0.05) is 37.3 Å². The first-order chi connectivity index (χ1) is 15.1. The smallest absolute Gasteiger partial charge is 0.133 e. The zero-order valence-electron chi connectivity index (χ0n) is 18.8. The fourth-order valence-corrected chi connectivity index (χ4v) is 4.67. The second-order valence-electron chi connectivity index (χ2n) is 8.31. The largest absolute Gasteiger partial charge is 0.368 e. The Morgan fingerprint density at radius 3 is 2.71 bits per heavy atom. The third-order valence-corrected chi connectivity index (χ3v) is 6.28. The molecule has 31 heavy (non-hydrogen) atoms.